The summed E-state index contributed by atoms with van der Waals surface area (Å²) in [5.74, 6) is 4.32. The van der Waals surface area contributed by atoms with Crippen molar-refractivity contribution in [2.75, 3.05) is 0 Å². The summed E-state index contributed by atoms with van der Waals surface area (Å²) in [6.45, 7) is 3.79. The molecule has 2 N–H and O–H groups in total. The smallest absolute Gasteiger partial charge is 0.293 e. The minimum atomic E-state index is -0.629. The molecule has 3 heteroatoms. The monoisotopic (exact) mass is 207 g/mol. The maximum Gasteiger partial charge on any atom is 0.293 e. The minimum absolute atomic E-state index is 0.629. The maximum atomic E-state index is 10.4. The molecule has 0 bridgehead atoms. The Morgan fingerprint density at radius 1 is 1.36 bits per heavy atom. The zero-order valence-electron chi connectivity index (χ0n) is 8.02. The van der Waals surface area contributed by atoms with Crippen molar-refractivity contribution in [2.24, 2.45) is 5.73 Å². The molecule has 0 spiro atoms. The Balaban J connectivity index is 3.15. The van der Waals surface area contributed by atoms with Crippen LogP contribution in [0, 0.1) is 25.7 Å². The number of carbonyl (C=O) groups is 1. The first-order valence-electron chi connectivity index (χ1n) is 4.09. The fraction of sp³-hybridized carbons (Fsp3) is 0.182. The second kappa shape index (κ2) is 4.17. The summed E-state index contributed by atoms with van der Waals surface area (Å²) in [7, 11) is 0. The van der Waals surface area contributed by atoms with E-state index in [0.29, 0.717) is 0 Å². The summed E-state index contributed by atoms with van der Waals surface area (Å²) in [6, 6.07) is 3.65. The third kappa shape index (κ3) is 2.51. The molecule has 0 atom stereocenters. The van der Waals surface area contributed by atoms with Crippen molar-refractivity contribution in [1.82, 2.24) is 0 Å². The molecule has 14 heavy (non-hydrogen) atoms. The normalized spacial score (nSPS) is 9.07. The maximum absolute atomic E-state index is 10.4. The molecule has 0 radical (unpaired) electrons. The van der Waals surface area contributed by atoms with E-state index < -0.39 is 5.91 Å². The first kappa shape index (κ1) is 10.6. The number of halogens is 1. The van der Waals surface area contributed by atoms with E-state index in [4.69, 9.17) is 17.3 Å². The van der Waals surface area contributed by atoms with E-state index in [1.165, 1.54) is 0 Å². The molecule has 0 aliphatic heterocycles. The quantitative estimate of drug-likeness (QED) is 0.648. The Morgan fingerprint density at radius 2 is 1.86 bits per heavy atom. The molecule has 1 rings (SSSR count). The number of aryl methyl sites for hydroxylation is 2. The van der Waals surface area contributed by atoms with Crippen molar-refractivity contribution in [3.63, 3.8) is 0 Å². The lowest BCUT2D eigenvalue weighted by Crippen LogP contribution is -2.06. The molecule has 1 aromatic carbocycles. The first-order chi connectivity index (χ1) is 6.50. The molecule has 0 fully saturated rings. The Kier molecular flexibility index (Phi) is 3.16. The van der Waals surface area contributed by atoms with Gasteiger partial charge in [-0.3, -0.25) is 4.79 Å². The lowest BCUT2D eigenvalue weighted by molar-refractivity contribution is -0.112. The topological polar surface area (TPSA) is 43.1 Å². The van der Waals surface area contributed by atoms with Gasteiger partial charge in [0.2, 0.25) is 0 Å². The summed E-state index contributed by atoms with van der Waals surface area (Å²) in [6.07, 6.45) is 0. The van der Waals surface area contributed by atoms with E-state index in [0.717, 1.165) is 21.7 Å². The van der Waals surface area contributed by atoms with E-state index in [-0.39, 0.29) is 0 Å². The molecule has 0 saturated carbocycles. The van der Waals surface area contributed by atoms with Gasteiger partial charge in [0.05, 0.1) is 0 Å². The predicted octanol–water partition coefficient (Wildman–Crippen LogP) is 1.79. The summed E-state index contributed by atoms with van der Waals surface area (Å²) in [5.41, 5.74) is 7.55. The van der Waals surface area contributed by atoms with Crippen LogP contribution < -0.4 is 5.73 Å². The SMILES string of the molecule is Cc1cc(C#CC(N)=O)cc(C)c1Cl. The Hall–Kier alpha value is -1.46. The fourth-order valence-electron chi connectivity index (χ4n) is 1.15. The van der Waals surface area contributed by atoms with Crippen LogP contribution in [0.15, 0.2) is 12.1 Å². The van der Waals surface area contributed by atoms with E-state index in [1.54, 1.807) is 0 Å². The standard InChI is InChI=1S/C11H10ClNO/c1-7-5-9(3-4-10(13)14)6-8(2)11(7)12/h5-6H,1-2H3,(H2,13,14). The molecule has 0 aliphatic carbocycles. The molecule has 1 aromatic rings. The Morgan fingerprint density at radius 3 is 2.29 bits per heavy atom. The van der Waals surface area contributed by atoms with Gasteiger partial charge in [-0.1, -0.05) is 17.5 Å². The molecular formula is C11H10ClNO. The number of carbonyl (C=O) groups excluding carboxylic acids is 1. The first-order valence-corrected chi connectivity index (χ1v) is 4.46. The summed E-state index contributed by atoms with van der Waals surface area (Å²) < 4.78 is 0. The van der Waals surface area contributed by atoms with Gasteiger partial charge in [-0.2, -0.15) is 0 Å². The number of benzene rings is 1. The van der Waals surface area contributed by atoms with Gasteiger partial charge in [-0.15, -0.1) is 0 Å². The average molecular weight is 208 g/mol. The second-order valence-electron chi connectivity index (χ2n) is 3.04. The van der Waals surface area contributed by atoms with Gasteiger partial charge in [0, 0.05) is 10.6 Å². The lowest BCUT2D eigenvalue weighted by atomic mass is 10.1. The minimum Gasteiger partial charge on any atom is -0.359 e. The highest BCUT2D eigenvalue weighted by atomic mass is 35.5. The van der Waals surface area contributed by atoms with Crippen molar-refractivity contribution in [3.8, 4) is 11.8 Å². The van der Waals surface area contributed by atoms with Crippen LogP contribution in [0.2, 0.25) is 5.02 Å². The predicted molar refractivity (Wildman–Crippen MR) is 57.0 cm³/mol. The van der Waals surface area contributed by atoms with E-state index in [1.807, 2.05) is 26.0 Å². The van der Waals surface area contributed by atoms with Crippen LogP contribution in [-0.4, -0.2) is 5.91 Å². The van der Waals surface area contributed by atoms with Gasteiger partial charge >= 0.3 is 0 Å². The highest BCUT2D eigenvalue weighted by molar-refractivity contribution is 6.32. The number of amides is 1. The van der Waals surface area contributed by atoms with Gasteiger partial charge in [0.15, 0.2) is 0 Å². The van der Waals surface area contributed by atoms with Gasteiger partial charge in [0.1, 0.15) is 0 Å². The number of primary amides is 1. The molecule has 0 aliphatic rings. The van der Waals surface area contributed by atoms with Gasteiger partial charge in [-0.25, -0.2) is 0 Å². The molecule has 0 aromatic heterocycles. The van der Waals surface area contributed by atoms with Crippen LogP contribution in [0.4, 0.5) is 0 Å². The highest BCUT2D eigenvalue weighted by Crippen LogP contribution is 2.21. The lowest BCUT2D eigenvalue weighted by Gasteiger charge is -2.02. The van der Waals surface area contributed by atoms with Crippen LogP contribution >= 0.6 is 11.6 Å². The average Bonchev–Trinajstić information content (AvgIpc) is 2.10. The van der Waals surface area contributed by atoms with Crippen molar-refractivity contribution >= 4 is 17.5 Å². The van der Waals surface area contributed by atoms with Crippen molar-refractivity contribution in [3.05, 3.63) is 33.8 Å². The van der Waals surface area contributed by atoms with Crippen molar-refractivity contribution < 1.29 is 4.79 Å². The number of hydrogen-bond donors (Lipinski definition) is 1. The zero-order chi connectivity index (χ0) is 10.7. The molecule has 0 unspecified atom stereocenters. The van der Waals surface area contributed by atoms with Crippen LogP contribution in [0.3, 0.4) is 0 Å². The molecule has 1 amide bonds. The van der Waals surface area contributed by atoms with Crippen molar-refractivity contribution in [1.29, 1.82) is 0 Å². The fourth-order valence-corrected chi connectivity index (χ4v) is 1.26. The summed E-state index contributed by atoms with van der Waals surface area (Å²) >= 11 is 5.97. The molecule has 72 valence electrons. The second-order valence-corrected chi connectivity index (χ2v) is 3.42. The van der Waals surface area contributed by atoms with E-state index >= 15 is 0 Å². The molecule has 2 nitrogen and oxygen atoms in total. The van der Waals surface area contributed by atoms with Crippen molar-refractivity contribution in [2.45, 2.75) is 13.8 Å². The Bertz CT molecular complexity index is 417. The number of nitrogens with two attached hydrogens (primary N) is 1. The summed E-state index contributed by atoms with van der Waals surface area (Å²) in [5, 5.41) is 0.731. The van der Waals surface area contributed by atoms with Gasteiger partial charge in [0.25, 0.3) is 5.91 Å². The third-order valence-corrected chi connectivity index (χ3v) is 2.36. The van der Waals surface area contributed by atoms with E-state index in [9.17, 15) is 4.79 Å². The third-order valence-electron chi connectivity index (χ3n) is 1.77. The Labute approximate surface area is 88.1 Å². The van der Waals surface area contributed by atoms with Gasteiger partial charge in [-0.05, 0) is 43.0 Å². The van der Waals surface area contributed by atoms with Crippen LogP contribution in [0.1, 0.15) is 16.7 Å². The summed E-state index contributed by atoms with van der Waals surface area (Å²) in [4.78, 5) is 10.4. The zero-order valence-corrected chi connectivity index (χ0v) is 8.77. The molecular weight excluding hydrogens is 198 g/mol. The largest absolute Gasteiger partial charge is 0.359 e. The van der Waals surface area contributed by atoms with E-state index in [2.05, 4.69) is 11.8 Å². The van der Waals surface area contributed by atoms with Gasteiger partial charge < -0.3 is 5.73 Å². The molecule has 0 heterocycles. The highest BCUT2D eigenvalue weighted by Gasteiger charge is 2.00. The van der Waals surface area contributed by atoms with Crippen LogP contribution in [0.5, 0.6) is 0 Å². The van der Waals surface area contributed by atoms with Crippen LogP contribution in [0.25, 0.3) is 0 Å². The number of hydrogen-bond acceptors (Lipinski definition) is 1. The van der Waals surface area contributed by atoms with Crippen LogP contribution in [-0.2, 0) is 4.79 Å². The number of rotatable bonds is 0. The molecule has 0 saturated heterocycles.